The van der Waals surface area contributed by atoms with Gasteiger partial charge in [-0.05, 0) is 6.07 Å². The fourth-order valence-electron chi connectivity index (χ4n) is 0.660. The average molecular weight is 197 g/mol. The van der Waals surface area contributed by atoms with Gasteiger partial charge in [0.2, 0.25) is 0 Å². The van der Waals surface area contributed by atoms with E-state index < -0.39 is 10.8 Å². The summed E-state index contributed by atoms with van der Waals surface area (Å²) in [7, 11) is 0. The Morgan fingerprint density at radius 1 is 1.69 bits per heavy atom. The van der Waals surface area contributed by atoms with Crippen LogP contribution in [0.2, 0.25) is 0 Å². The molecule has 0 aliphatic carbocycles. The highest BCUT2D eigenvalue weighted by Gasteiger charge is 2.14. The van der Waals surface area contributed by atoms with Crippen molar-refractivity contribution in [3.63, 3.8) is 0 Å². The lowest BCUT2D eigenvalue weighted by atomic mass is 10.4. The molecule has 1 heterocycles. The molecule has 6 nitrogen and oxygen atoms in total. The molecular formula is C6H3N3O3S. The quantitative estimate of drug-likeness (QED) is 0.329. The summed E-state index contributed by atoms with van der Waals surface area (Å²) in [4.78, 5) is 20.7. The zero-order valence-corrected chi connectivity index (χ0v) is 7.00. The maximum Gasteiger partial charge on any atom is 0.324 e. The Kier molecular flexibility index (Phi) is 2.56. The normalized spacial score (nSPS) is 8.85. The first kappa shape index (κ1) is 9.15. The van der Waals surface area contributed by atoms with Gasteiger partial charge in [0.25, 0.3) is 5.91 Å². The van der Waals surface area contributed by atoms with E-state index in [2.05, 4.69) is 0 Å². The Hall–Kier alpha value is -1.94. The lowest BCUT2D eigenvalue weighted by Crippen LogP contribution is -2.15. The maximum absolute atomic E-state index is 10.9. The summed E-state index contributed by atoms with van der Waals surface area (Å²) in [6.07, 6.45) is 1.44. The second-order valence-electron chi connectivity index (χ2n) is 1.96. The van der Waals surface area contributed by atoms with Crippen LogP contribution in [-0.4, -0.2) is 10.8 Å². The smallest absolute Gasteiger partial charge is 0.267 e. The molecule has 1 rings (SSSR count). The van der Waals surface area contributed by atoms with Crippen molar-refractivity contribution in [2.45, 2.75) is 0 Å². The van der Waals surface area contributed by atoms with Crippen LogP contribution in [0, 0.1) is 21.6 Å². The molecule has 0 aliphatic rings. The van der Waals surface area contributed by atoms with E-state index in [9.17, 15) is 14.9 Å². The van der Waals surface area contributed by atoms with Gasteiger partial charge in [-0.1, -0.05) is 11.3 Å². The monoisotopic (exact) mass is 197 g/mol. The van der Waals surface area contributed by atoms with Gasteiger partial charge in [0, 0.05) is 6.07 Å². The Labute approximate surface area is 76.6 Å². The second kappa shape index (κ2) is 3.64. The van der Waals surface area contributed by atoms with Crippen LogP contribution >= 0.6 is 11.3 Å². The first-order valence-corrected chi connectivity index (χ1v) is 3.90. The lowest BCUT2D eigenvalue weighted by molar-refractivity contribution is -0.380. The lowest BCUT2D eigenvalue weighted by Gasteiger charge is -1.88. The van der Waals surface area contributed by atoms with Gasteiger partial charge in [0.05, 0.1) is 9.80 Å². The summed E-state index contributed by atoms with van der Waals surface area (Å²) in [5.41, 5.74) is 0. The van der Waals surface area contributed by atoms with Crippen molar-refractivity contribution in [2.75, 3.05) is 0 Å². The first-order valence-electron chi connectivity index (χ1n) is 3.09. The number of thiophene rings is 1. The van der Waals surface area contributed by atoms with Crippen LogP contribution in [0.1, 0.15) is 9.67 Å². The molecule has 0 spiro atoms. The van der Waals surface area contributed by atoms with Crippen LogP contribution in [0.5, 0.6) is 0 Å². The van der Waals surface area contributed by atoms with E-state index in [1.807, 2.05) is 5.32 Å². The topological polar surface area (TPSA) is 96.0 Å². The molecule has 0 aromatic carbocycles. The fourth-order valence-corrected chi connectivity index (χ4v) is 1.38. The van der Waals surface area contributed by atoms with Crippen LogP contribution in [0.15, 0.2) is 12.1 Å². The third kappa shape index (κ3) is 2.00. The van der Waals surface area contributed by atoms with Gasteiger partial charge in [0.15, 0.2) is 6.19 Å². The molecule has 0 saturated heterocycles. The van der Waals surface area contributed by atoms with Crippen molar-refractivity contribution in [1.29, 1.82) is 5.26 Å². The van der Waals surface area contributed by atoms with Gasteiger partial charge in [-0.3, -0.25) is 20.2 Å². The zero-order chi connectivity index (χ0) is 9.84. The number of nitrogens with one attached hydrogen (secondary N) is 1. The minimum absolute atomic E-state index is 0.122. The molecule has 0 radical (unpaired) electrons. The van der Waals surface area contributed by atoms with E-state index in [0.717, 1.165) is 11.3 Å². The van der Waals surface area contributed by atoms with Crippen LogP contribution < -0.4 is 5.32 Å². The molecule has 1 N–H and O–H groups in total. The first-order chi connectivity index (χ1) is 6.15. The largest absolute Gasteiger partial charge is 0.324 e. The number of nitro groups is 1. The second-order valence-corrected chi connectivity index (χ2v) is 3.02. The van der Waals surface area contributed by atoms with Crippen molar-refractivity contribution in [3.8, 4) is 6.19 Å². The molecule has 0 bridgehead atoms. The van der Waals surface area contributed by atoms with Crippen LogP contribution in [0.3, 0.4) is 0 Å². The minimum atomic E-state index is -0.624. The summed E-state index contributed by atoms with van der Waals surface area (Å²) in [5, 5.41) is 20.1. The summed E-state index contributed by atoms with van der Waals surface area (Å²) >= 11 is 0.727. The number of nitriles is 1. The van der Waals surface area contributed by atoms with Gasteiger partial charge in [-0.15, -0.1) is 0 Å². The van der Waals surface area contributed by atoms with Crippen molar-refractivity contribution >= 4 is 22.2 Å². The highest BCUT2D eigenvalue weighted by atomic mass is 32.1. The molecule has 0 aliphatic heterocycles. The molecule has 1 aromatic rings. The molecular weight excluding hydrogens is 194 g/mol. The Morgan fingerprint density at radius 2 is 2.38 bits per heavy atom. The van der Waals surface area contributed by atoms with Crippen LogP contribution in [-0.2, 0) is 0 Å². The Morgan fingerprint density at radius 3 is 2.85 bits per heavy atom. The number of hydrogen-bond acceptors (Lipinski definition) is 5. The SMILES string of the molecule is N#CNC(=O)c1ccc([N+](=O)[O-])s1. The number of hydrogen-bond donors (Lipinski definition) is 1. The molecule has 66 valence electrons. The fraction of sp³-hybridized carbons (Fsp3) is 0. The summed E-state index contributed by atoms with van der Waals surface area (Å²) in [5.74, 6) is -0.624. The van der Waals surface area contributed by atoms with E-state index in [1.165, 1.54) is 18.3 Å². The van der Waals surface area contributed by atoms with Gasteiger partial charge in [-0.2, -0.15) is 5.26 Å². The Balaban J connectivity index is 2.87. The molecule has 0 unspecified atom stereocenters. The molecule has 0 fully saturated rings. The van der Waals surface area contributed by atoms with Crippen LogP contribution in [0.4, 0.5) is 5.00 Å². The van der Waals surface area contributed by atoms with E-state index in [4.69, 9.17) is 5.26 Å². The van der Waals surface area contributed by atoms with Gasteiger partial charge in [-0.25, -0.2) is 0 Å². The molecule has 0 atom stereocenters. The number of carbonyl (C=O) groups excluding carboxylic acids is 1. The third-order valence-corrected chi connectivity index (χ3v) is 2.20. The maximum atomic E-state index is 10.9. The van der Waals surface area contributed by atoms with Gasteiger partial charge >= 0.3 is 5.00 Å². The summed E-state index contributed by atoms with van der Waals surface area (Å²) in [6.45, 7) is 0. The van der Waals surface area contributed by atoms with Gasteiger partial charge < -0.3 is 0 Å². The number of nitrogens with zero attached hydrogens (tertiary/aromatic N) is 2. The molecule has 7 heteroatoms. The summed E-state index contributed by atoms with van der Waals surface area (Å²) in [6, 6.07) is 2.52. The predicted octanol–water partition coefficient (Wildman–Crippen LogP) is 0.867. The van der Waals surface area contributed by atoms with E-state index in [1.54, 1.807) is 0 Å². The van der Waals surface area contributed by atoms with Gasteiger partial charge in [0.1, 0.15) is 0 Å². The molecule has 1 amide bonds. The van der Waals surface area contributed by atoms with Crippen LogP contribution in [0.25, 0.3) is 0 Å². The summed E-state index contributed by atoms with van der Waals surface area (Å²) < 4.78 is 0. The third-order valence-electron chi connectivity index (χ3n) is 1.16. The predicted molar refractivity (Wildman–Crippen MR) is 44.1 cm³/mol. The van der Waals surface area contributed by atoms with Crippen molar-refractivity contribution < 1.29 is 9.72 Å². The van der Waals surface area contributed by atoms with E-state index in [0.29, 0.717) is 0 Å². The highest BCUT2D eigenvalue weighted by molar-refractivity contribution is 7.17. The number of rotatable bonds is 2. The average Bonchev–Trinajstić information content (AvgIpc) is 2.52. The number of amides is 1. The number of carbonyl (C=O) groups is 1. The molecule has 13 heavy (non-hydrogen) atoms. The molecule has 1 aromatic heterocycles. The van der Waals surface area contributed by atoms with E-state index >= 15 is 0 Å². The zero-order valence-electron chi connectivity index (χ0n) is 6.18. The molecule has 0 saturated carbocycles. The highest BCUT2D eigenvalue weighted by Crippen LogP contribution is 2.23. The van der Waals surface area contributed by atoms with Crippen molar-refractivity contribution in [3.05, 3.63) is 27.1 Å². The minimum Gasteiger partial charge on any atom is -0.267 e. The van der Waals surface area contributed by atoms with Crippen molar-refractivity contribution in [2.24, 2.45) is 0 Å². The van der Waals surface area contributed by atoms with Crippen molar-refractivity contribution in [1.82, 2.24) is 5.32 Å². The Bertz CT molecular complexity index is 392. The standard InChI is InChI=1S/C6H3N3O3S/c7-3-8-6(10)4-1-2-5(13-4)9(11)12/h1-2H,(H,8,10). The van der Waals surface area contributed by atoms with E-state index in [-0.39, 0.29) is 9.88 Å².